The van der Waals surface area contributed by atoms with E-state index in [1.807, 2.05) is 0 Å². The van der Waals surface area contributed by atoms with Crippen LogP contribution in [0.3, 0.4) is 0 Å². The normalized spacial score (nSPS) is 51.1. The van der Waals surface area contributed by atoms with Gasteiger partial charge in [-0.05, 0) is 124 Å². The number of ether oxygens (including phenoxy) is 1. The average Bonchev–Trinajstić information content (AvgIpc) is 3.23. The molecule has 3 nitrogen and oxygen atoms in total. The van der Waals surface area contributed by atoms with E-state index >= 15 is 0 Å². The van der Waals surface area contributed by atoms with Crippen molar-refractivity contribution in [3.05, 3.63) is 0 Å². The molecule has 3 heteroatoms. The summed E-state index contributed by atoms with van der Waals surface area (Å²) >= 11 is 0. The molecule has 1 N–H and O–H groups in total. The van der Waals surface area contributed by atoms with E-state index < -0.39 is 0 Å². The number of fused-ring (bicyclic) bond motifs is 7. The van der Waals surface area contributed by atoms with Gasteiger partial charge in [0.15, 0.2) is 0 Å². The van der Waals surface area contributed by atoms with E-state index in [9.17, 15) is 5.11 Å². The molecule has 0 spiro atoms. The Morgan fingerprint density at radius 2 is 1.81 bits per heavy atom. The topological polar surface area (TPSA) is 32.7 Å². The molecule has 0 bridgehead atoms. The van der Waals surface area contributed by atoms with Crippen LogP contribution in [0.2, 0.25) is 0 Å². The first-order chi connectivity index (χ1) is 15.3. The number of aliphatic hydroxyl groups is 1. The molecule has 1 aliphatic heterocycles. The Hall–Kier alpha value is -0.120. The lowest BCUT2D eigenvalue weighted by atomic mass is 9.44. The van der Waals surface area contributed by atoms with Gasteiger partial charge in [0.05, 0.1) is 12.2 Å². The second-order valence-corrected chi connectivity index (χ2v) is 13.7. The standard InChI is InChI=1S/C29H51NO2/c1-19-25(12-9-20(18-31)17-30(4)5)32-26-16-24-22-11-10-21-8-6-7-14-28(21,2)23(22)13-15-29(24,3)27(19)26/h19-27,31H,6-18H2,1-5H3/t19-,20?,21?,22-,23+,24+,25?,26+,27+,28+,29+/m1/s1. The van der Waals surface area contributed by atoms with Crippen molar-refractivity contribution in [3.63, 3.8) is 0 Å². The fraction of sp³-hybridized carbons (Fsp3) is 1.00. The Kier molecular flexibility index (Phi) is 6.52. The van der Waals surface area contributed by atoms with Crippen molar-refractivity contribution in [2.75, 3.05) is 27.2 Å². The average molecular weight is 446 g/mol. The van der Waals surface area contributed by atoms with Gasteiger partial charge >= 0.3 is 0 Å². The van der Waals surface area contributed by atoms with Crippen LogP contribution in [0.4, 0.5) is 0 Å². The van der Waals surface area contributed by atoms with Gasteiger partial charge in [-0.1, -0.05) is 33.6 Å². The fourth-order valence-corrected chi connectivity index (χ4v) is 10.5. The molecule has 0 amide bonds. The molecule has 11 atom stereocenters. The van der Waals surface area contributed by atoms with Crippen LogP contribution in [-0.4, -0.2) is 49.5 Å². The third kappa shape index (κ3) is 3.72. The Morgan fingerprint density at radius 1 is 1.00 bits per heavy atom. The molecule has 5 fully saturated rings. The van der Waals surface area contributed by atoms with Gasteiger partial charge in [-0.3, -0.25) is 0 Å². The summed E-state index contributed by atoms with van der Waals surface area (Å²) < 4.78 is 6.87. The summed E-state index contributed by atoms with van der Waals surface area (Å²) in [7, 11) is 4.22. The third-order valence-corrected chi connectivity index (χ3v) is 11.9. The molecule has 0 radical (unpaired) electrons. The third-order valence-electron chi connectivity index (χ3n) is 11.9. The second-order valence-electron chi connectivity index (χ2n) is 13.7. The first-order valence-electron chi connectivity index (χ1n) is 14.2. The summed E-state index contributed by atoms with van der Waals surface area (Å²) in [5.41, 5.74) is 1.14. The first-order valence-corrected chi connectivity index (χ1v) is 14.2. The fourth-order valence-electron chi connectivity index (χ4n) is 10.5. The molecule has 184 valence electrons. The zero-order valence-electron chi connectivity index (χ0n) is 21.7. The summed E-state index contributed by atoms with van der Waals surface area (Å²) in [6, 6.07) is 0. The Labute approximate surface area is 198 Å². The lowest BCUT2D eigenvalue weighted by Crippen LogP contribution is -2.53. The molecule has 3 unspecified atom stereocenters. The zero-order valence-corrected chi connectivity index (χ0v) is 21.7. The van der Waals surface area contributed by atoms with Crippen molar-refractivity contribution in [2.45, 2.75) is 104 Å². The number of hydrogen-bond donors (Lipinski definition) is 1. The summed E-state index contributed by atoms with van der Waals surface area (Å²) in [5, 5.41) is 9.82. The van der Waals surface area contributed by atoms with Gasteiger partial charge in [0.25, 0.3) is 0 Å². The van der Waals surface area contributed by atoms with Crippen LogP contribution in [0.25, 0.3) is 0 Å². The van der Waals surface area contributed by atoms with Crippen molar-refractivity contribution >= 4 is 0 Å². The SMILES string of the molecule is C[C@@H]1C(CCC(CO)CN(C)C)O[C@H]2C[C@H]3[C@@H]4CCC5CCCC[C@]5(C)[C@H]4CC[C@]3(C)[C@H]21. The van der Waals surface area contributed by atoms with Gasteiger partial charge in [0.1, 0.15) is 0 Å². The van der Waals surface area contributed by atoms with Gasteiger partial charge in [0.2, 0.25) is 0 Å². The molecule has 5 rings (SSSR count). The molecule has 0 aromatic heterocycles. The zero-order chi connectivity index (χ0) is 22.7. The van der Waals surface area contributed by atoms with Crippen molar-refractivity contribution in [1.29, 1.82) is 0 Å². The largest absolute Gasteiger partial charge is 0.396 e. The summed E-state index contributed by atoms with van der Waals surface area (Å²) in [6.07, 6.45) is 16.4. The van der Waals surface area contributed by atoms with Crippen LogP contribution in [0, 0.1) is 52.3 Å². The van der Waals surface area contributed by atoms with Crippen LogP contribution < -0.4 is 0 Å². The Balaban J connectivity index is 1.27. The van der Waals surface area contributed by atoms with E-state index in [1.54, 1.807) is 0 Å². The van der Waals surface area contributed by atoms with Crippen molar-refractivity contribution in [1.82, 2.24) is 4.90 Å². The van der Waals surface area contributed by atoms with Crippen LogP contribution in [-0.2, 0) is 4.74 Å². The minimum absolute atomic E-state index is 0.300. The maximum absolute atomic E-state index is 9.82. The molecule has 32 heavy (non-hydrogen) atoms. The van der Waals surface area contributed by atoms with Gasteiger partial charge < -0.3 is 14.7 Å². The van der Waals surface area contributed by atoms with Crippen molar-refractivity contribution in [2.24, 2.45) is 52.3 Å². The summed E-state index contributed by atoms with van der Waals surface area (Å²) in [5.74, 6) is 5.69. The van der Waals surface area contributed by atoms with Crippen LogP contribution in [0.15, 0.2) is 0 Å². The highest BCUT2D eigenvalue weighted by atomic mass is 16.5. The van der Waals surface area contributed by atoms with E-state index in [2.05, 4.69) is 39.8 Å². The molecule has 4 aliphatic carbocycles. The van der Waals surface area contributed by atoms with E-state index in [-0.39, 0.29) is 0 Å². The first kappa shape index (κ1) is 23.6. The lowest BCUT2D eigenvalue weighted by molar-refractivity contribution is -0.115. The predicted octanol–water partition coefficient (Wildman–Crippen LogP) is 6.00. The number of nitrogens with zero attached hydrogens (tertiary/aromatic N) is 1. The lowest BCUT2D eigenvalue weighted by Gasteiger charge is -2.60. The number of hydrogen-bond acceptors (Lipinski definition) is 3. The van der Waals surface area contributed by atoms with Gasteiger partial charge in [-0.2, -0.15) is 0 Å². The quantitative estimate of drug-likeness (QED) is 0.544. The van der Waals surface area contributed by atoms with Gasteiger partial charge in [0, 0.05) is 13.2 Å². The van der Waals surface area contributed by atoms with Crippen LogP contribution >= 0.6 is 0 Å². The maximum Gasteiger partial charge on any atom is 0.0618 e. The highest BCUT2D eigenvalue weighted by Crippen LogP contribution is 2.70. The minimum atomic E-state index is 0.300. The highest BCUT2D eigenvalue weighted by Gasteiger charge is 2.65. The molecular weight excluding hydrogens is 394 g/mol. The molecule has 1 saturated heterocycles. The van der Waals surface area contributed by atoms with Crippen LogP contribution in [0.5, 0.6) is 0 Å². The predicted molar refractivity (Wildman–Crippen MR) is 131 cm³/mol. The minimum Gasteiger partial charge on any atom is -0.396 e. The Morgan fingerprint density at radius 3 is 2.56 bits per heavy atom. The maximum atomic E-state index is 9.82. The van der Waals surface area contributed by atoms with E-state index in [0.29, 0.717) is 41.5 Å². The highest BCUT2D eigenvalue weighted by molar-refractivity contribution is 5.13. The molecule has 0 aromatic carbocycles. The smallest absolute Gasteiger partial charge is 0.0618 e. The molecule has 1 heterocycles. The monoisotopic (exact) mass is 445 g/mol. The summed E-state index contributed by atoms with van der Waals surface area (Å²) in [6.45, 7) is 9.17. The molecule has 5 aliphatic rings. The van der Waals surface area contributed by atoms with E-state index in [0.717, 1.165) is 49.0 Å². The molecule has 4 saturated carbocycles. The summed E-state index contributed by atoms with van der Waals surface area (Å²) in [4.78, 5) is 2.21. The Bertz CT molecular complexity index is 666. The molecule has 0 aromatic rings. The van der Waals surface area contributed by atoms with E-state index in [4.69, 9.17) is 4.74 Å². The van der Waals surface area contributed by atoms with Gasteiger partial charge in [-0.15, -0.1) is 0 Å². The van der Waals surface area contributed by atoms with Crippen molar-refractivity contribution in [3.8, 4) is 0 Å². The number of aliphatic hydroxyl groups excluding tert-OH is 1. The van der Waals surface area contributed by atoms with Gasteiger partial charge in [-0.25, -0.2) is 0 Å². The second kappa shape index (κ2) is 8.83. The van der Waals surface area contributed by atoms with E-state index in [1.165, 1.54) is 57.8 Å². The van der Waals surface area contributed by atoms with Crippen LogP contribution in [0.1, 0.15) is 91.4 Å². The molecular formula is C29H51NO2. The van der Waals surface area contributed by atoms with Crippen molar-refractivity contribution < 1.29 is 9.84 Å². The number of rotatable bonds is 6.